The van der Waals surface area contributed by atoms with Crippen molar-refractivity contribution in [1.82, 2.24) is 5.32 Å². The van der Waals surface area contributed by atoms with Crippen molar-refractivity contribution in [1.29, 1.82) is 0 Å². The molecule has 110 valence electrons. The van der Waals surface area contributed by atoms with Crippen LogP contribution in [-0.2, 0) is 6.42 Å². The summed E-state index contributed by atoms with van der Waals surface area (Å²) in [7, 11) is 0. The molecular weight excluding hydrogens is 346 g/mol. The lowest BCUT2D eigenvalue weighted by Gasteiger charge is -2.19. The lowest BCUT2D eigenvalue weighted by Crippen LogP contribution is -2.24. The maximum Gasteiger partial charge on any atom is 0.0406 e. The van der Waals surface area contributed by atoms with Crippen molar-refractivity contribution < 1.29 is 0 Å². The summed E-state index contributed by atoms with van der Waals surface area (Å²) in [5.74, 6) is 0.490. The molecule has 1 nitrogen and oxygen atoms in total. The standard InChI is InChI=1S/C18H19BrClN/c19-16-3-1-2-14(11-16)15(12-21-18-8-9-18)10-13-4-6-17(20)7-5-13/h1-7,11,15,18,21H,8-10,12H2. The second-order valence-corrected chi connectivity index (χ2v) is 7.12. The summed E-state index contributed by atoms with van der Waals surface area (Å²) >= 11 is 9.56. The van der Waals surface area contributed by atoms with Crippen LogP contribution in [0, 0.1) is 0 Å². The minimum absolute atomic E-state index is 0.490. The zero-order valence-corrected chi connectivity index (χ0v) is 14.2. The largest absolute Gasteiger partial charge is 0.313 e. The van der Waals surface area contributed by atoms with Gasteiger partial charge in [-0.25, -0.2) is 0 Å². The van der Waals surface area contributed by atoms with E-state index >= 15 is 0 Å². The highest BCUT2D eigenvalue weighted by Crippen LogP contribution is 2.26. The monoisotopic (exact) mass is 363 g/mol. The van der Waals surface area contributed by atoms with Crippen LogP contribution >= 0.6 is 27.5 Å². The van der Waals surface area contributed by atoms with Crippen molar-refractivity contribution in [2.24, 2.45) is 0 Å². The summed E-state index contributed by atoms with van der Waals surface area (Å²) in [6, 6.07) is 17.6. The predicted octanol–water partition coefficient (Wildman–Crippen LogP) is 5.18. The molecule has 1 aliphatic rings. The fourth-order valence-corrected chi connectivity index (χ4v) is 3.11. The average molecular weight is 365 g/mol. The summed E-state index contributed by atoms with van der Waals surface area (Å²) in [6.07, 6.45) is 3.69. The molecule has 0 spiro atoms. The van der Waals surface area contributed by atoms with Crippen LogP contribution in [0.1, 0.15) is 29.9 Å². The van der Waals surface area contributed by atoms with E-state index in [0.717, 1.165) is 28.5 Å². The third-order valence-corrected chi connectivity index (χ3v) is 4.69. The van der Waals surface area contributed by atoms with Gasteiger partial charge in [-0.1, -0.05) is 51.8 Å². The molecule has 1 atom stereocenters. The van der Waals surface area contributed by atoms with Gasteiger partial charge in [0.05, 0.1) is 0 Å². The highest BCUT2D eigenvalue weighted by Gasteiger charge is 2.22. The van der Waals surface area contributed by atoms with Crippen molar-refractivity contribution >= 4 is 27.5 Å². The van der Waals surface area contributed by atoms with Crippen LogP contribution in [0.2, 0.25) is 5.02 Å². The van der Waals surface area contributed by atoms with E-state index < -0.39 is 0 Å². The summed E-state index contributed by atoms with van der Waals surface area (Å²) in [6.45, 7) is 1.03. The average Bonchev–Trinajstić information content (AvgIpc) is 3.30. The minimum atomic E-state index is 0.490. The molecule has 2 aromatic rings. The molecule has 3 heteroatoms. The smallest absolute Gasteiger partial charge is 0.0406 e. The van der Waals surface area contributed by atoms with Gasteiger partial charge in [-0.05, 0) is 54.7 Å². The lowest BCUT2D eigenvalue weighted by atomic mass is 9.92. The Morgan fingerprint density at radius 2 is 1.90 bits per heavy atom. The van der Waals surface area contributed by atoms with Crippen LogP contribution in [-0.4, -0.2) is 12.6 Å². The van der Waals surface area contributed by atoms with Crippen molar-refractivity contribution in [2.75, 3.05) is 6.54 Å². The normalized spacial score (nSPS) is 15.9. The molecule has 0 heterocycles. The van der Waals surface area contributed by atoms with E-state index in [1.165, 1.54) is 24.0 Å². The second-order valence-electron chi connectivity index (χ2n) is 5.77. The quantitative estimate of drug-likeness (QED) is 0.744. The van der Waals surface area contributed by atoms with Gasteiger partial charge < -0.3 is 5.32 Å². The van der Waals surface area contributed by atoms with Crippen molar-refractivity contribution in [3.05, 3.63) is 69.2 Å². The fraction of sp³-hybridized carbons (Fsp3) is 0.333. The number of hydrogen-bond acceptors (Lipinski definition) is 1. The molecule has 1 unspecified atom stereocenters. The molecule has 21 heavy (non-hydrogen) atoms. The molecule has 2 aromatic carbocycles. The van der Waals surface area contributed by atoms with Crippen LogP contribution in [0.25, 0.3) is 0 Å². The van der Waals surface area contributed by atoms with Gasteiger partial charge in [0, 0.05) is 28.0 Å². The fourth-order valence-electron chi connectivity index (χ4n) is 2.57. The summed E-state index contributed by atoms with van der Waals surface area (Å²) in [5, 5.41) is 4.46. The molecule has 0 amide bonds. The highest BCUT2D eigenvalue weighted by molar-refractivity contribution is 9.10. The van der Waals surface area contributed by atoms with Gasteiger partial charge in [0.25, 0.3) is 0 Å². The van der Waals surface area contributed by atoms with Gasteiger partial charge in [-0.15, -0.1) is 0 Å². The zero-order valence-electron chi connectivity index (χ0n) is 11.9. The van der Waals surface area contributed by atoms with E-state index in [0.29, 0.717) is 5.92 Å². The molecule has 0 radical (unpaired) electrons. The molecule has 0 bridgehead atoms. The van der Waals surface area contributed by atoms with Gasteiger partial charge in [0.15, 0.2) is 0 Å². The first-order chi connectivity index (χ1) is 10.2. The number of rotatable bonds is 6. The second kappa shape index (κ2) is 6.95. The van der Waals surface area contributed by atoms with Crippen molar-refractivity contribution in [2.45, 2.75) is 31.2 Å². The van der Waals surface area contributed by atoms with E-state index in [2.05, 4.69) is 57.6 Å². The van der Waals surface area contributed by atoms with Crippen LogP contribution in [0.4, 0.5) is 0 Å². The van der Waals surface area contributed by atoms with Crippen molar-refractivity contribution in [3.8, 4) is 0 Å². The van der Waals surface area contributed by atoms with Crippen molar-refractivity contribution in [3.63, 3.8) is 0 Å². The number of hydrogen-bond donors (Lipinski definition) is 1. The molecule has 1 aliphatic carbocycles. The predicted molar refractivity (Wildman–Crippen MR) is 93.1 cm³/mol. The molecule has 3 rings (SSSR count). The number of nitrogens with one attached hydrogen (secondary N) is 1. The van der Waals surface area contributed by atoms with Crippen LogP contribution in [0.3, 0.4) is 0 Å². The Bertz CT molecular complexity index is 592. The van der Waals surface area contributed by atoms with Crippen LogP contribution in [0.5, 0.6) is 0 Å². The van der Waals surface area contributed by atoms with Gasteiger partial charge in [-0.2, -0.15) is 0 Å². The summed E-state index contributed by atoms with van der Waals surface area (Å²) in [4.78, 5) is 0. The number of halogens is 2. The van der Waals surface area contributed by atoms with E-state index in [-0.39, 0.29) is 0 Å². The summed E-state index contributed by atoms with van der Waals surface area (Å²) in [5.41, 5.74) is 2.72. The lowest BCUT2D eigenvalue weighted by molar-refractivity contribution is 0.577. The van der Waals surface area contributed by atoms with Crippen LogP contribution < -0.4 is 5.32 Å². The molecule has 0 aromatic heterocycles. The van der Waals surface area contributed by atoms with Gasteiger partial charge in [0.1, 0.15) is 0 Å². The summed E-state index contributed by atoms with van der Waals surface area (Å²) < 4.78 is 1.15. The van der Waals surface area contributed by atoms with E-state index in [4.69, 9.17) is 11.6 Å². The maximum atomic E-state index is 5.98. The van der Waals surface area contributed by atoms with Gasteiger partial charge in [0.2, 0.25) is 0 Å². The highest BCUT2D eigenvalue weighted by atomic mass is 79.9. The first kappa shape index (κ1) is 15.1. The molecule has 1 N–H and O–H groups in total. The third kappa shape index (κ3) is 4.57. The Labute approximate surface area is 139 Å². The van der Waals surface area contributed by atoms with Crippen LogP contribution in [0.15, 0.2) is 53.0 Å². The minimum Gasteiger partial charge on any atom is -0.313 e. The molecule has 1 fully saturated rings. The third-order valence-electron chi connectivity index (χ3n) is 3.95. The van der Waals surface area contributed by atoms with E-state index in [1.807, 2.05) is 12.1 Å². The molecule has 0 saturated heterocycles. The SMILES string of the molecule is Clc1ccc(CC(CNC2CC2)c2cccc(Br)c2)cc1. The maximum absolute atomic E-state index is 5.98. The zero-order chi connectivity index (χ0) is 14.7. The molecule has 0 aliphatic heterocycles. The Morgan fingerprint density at radius 3 is 2.57 bits per heavy atom. The first-order valence-corrected chi connectivity index (χ1v) is 8.61. The Balaban J connectivity index is 1.75. The van der Waals surface area contributed by atoms with Gasteiger partial charge >= 0.3 is 0 Å². The first-order valence-electron chi connectivity index (χ1n) is 7.44. The van der Waals surface area contributed by atoms with Gasteiger partial charge in [-0.3, -0.25) is 0 Å². The number of benzene rings is 2. The van der Waals surface area contributed by atoms with E-state index in [1.54, 1.807) is 0 Å². The Hall–Kier alpha value is -0.830. The Kier molecular flexibility index (Phi) is 4.99. The Morgan fingerprint density at radius 1 is 1.14 bits per heavy atom. The molecule has 1 saturated carbocycles. The van der Waals surface area contributed by atoms with E-state index in [9.17, 15) is 0 Å². The topological polar surface area (TPSA) is 12.0 Å². The molecular formula is C18H19BrClN.